The molecule has 1 aromatic heterocycles. The van der Waals surface area contributed by atoms with Crippen LogP contribution >= 0.6 is 11.8 Å². The maximum Gasteiger partial charge on any atom is 0.230 e. The molecule has 0 aliphatic rings. The van der Waals surface area contributed by atoms with Gasteiger partial charge >= 0.3 is 0 Å². The standard InChI is InChI=1S/C27H28N4O3S/c1-3-34-24-15-11-22(12-16-24)31-25(17-20-7-5-4-6-8-20)29-30-27(31)35-19-26(32)28-18-21-9-13-23(33-2)14-10-21/h4-16H,3,17-19H2,1-2H3,(H,28,32). The number of thioether (sulfide) groups is 1. The van der Waals surface area contributed by atoms with E-state index >= 15 is 0 Å². The fraction of sp³-hybridized carbons (Fsp3) is 0.222. The Kier molecular flexibility index (Phi) is 8.40. The van der Waals surface area contributed by atoms with E-state index in [1.807, 2.05) is 78.2 Å². The topological polar surface area (TPSA) is 78.3 Å². The van der Waals surface area contributed by atoms with Crippen LogP contribution in [0.25, 0.3) is 5.69 Å². The lowest BCUT2D eigenvalue weighted by atomic mass is 10.1. The van der Waals surface area contributed by atoms with Crippen molar-refractivity contribution in [1.29, 1.82) is 0 Å². The van der Waals surface area contributed by atoms with Crippen LogP contribution in [0.4, 0.5) is 0 Å². The molecule has 7 nitrogen and oxygen atoms in total. The zero-order valence-electron chi connectivity index (χ0n) is 19.8. The molecule has 0 saturated carbocycles. The Morgan fingerprint density at radius 1 is 0.914 bits per heavy atom. The second kappa shape index (κ2) is 12.1. The minimum Gasteiger partial charge on any atom is -0.497 e. The second-order valence-electron chi connectivity index (χ2n) is 7.74. The first-order valence-corrected chi connectivity index (χ1v) is 12.4. The van der Waals surface area contributed by atoms with Crippen molar-refractivity contribution in [3.8, 4) is 17.2 Å². The number of nitrogens with one attached hydrogen (secondary N) is 1. The number of aromatic nitrogens is 3. The van der Waals surface area contributed by atoms with Crippen LogP contribution in [0.15, 0.2) is 84.0 Å². The van der Waals surface area contributed by atoms with Crippen LogP contribution in [0.5, 0.6) is 11.5 Å². The third-order valence-electron chi connectivity index (χ3n) is 5.29. The van der Waals surface area contributed by atoms with Crippen LogP contribution in [0, 0.1) is 0 Å². The number of hydrogen-bond acceptors (Lipinski definition) is 6. The number of amides is 1. The minimum absolute atomic E-state index is 0.0725. The first kappa shape index (κ1) is 24.3. The normalized spacial score (nSPS) is 10.7. The summed E-state index contributed by atoms with van der Waals surface area (Å²) < 4.78 is 12.8. The highest BCUT2D eigenvalue weighted by atomic mass is 32.2. The summed E-state index contributed by atoms with van der Waals surface area (Å²) in [7, 11) is 1.63. The molecule has 1 N–H and O–H groups in total. The Hall–Kier alpha value is -3.78. The number of carbonyl (C=O) groups is 1. The highest BCUT2D eigenvalue weighted by molar-refractivity contribution is 7.99. The summed E-state index contributed by atoms with van der Waals surface area (Å²) in [5.41, 5.74) is 3.07. The largest absolute Gasteiger partial charge is 0.497 e. The van der Waals surface area contributed by atoms with Gasteiger partial charge in [0, 0.05) is 18.7 Å². The molecule has 0 aliphatic heterocycles. The number of carbonyl (C=O) groups excluding carboxylic acids is 1. The van der Waals surface area contributed by atoms with Crippen LogP contribution in [-0.2, 0) is 17.8 Å². The molecule has 8 heteroatoms. The number of methoxy groups -OCH3 is 1. The number of nitrogens with zero attached hydrogens (tertiary/aromatic N) is 3. The van der Waals surface area contributed by atoms with Gasteiger partial charge in [0.15, 0.2) is 5.16 Å². The predicted octanol–water partition coefficient (Wildman–Crippen LogP) is 4.67. The Labute approximate surface area is 209 Å². The van der Waals surface area contributed by atoms with Gasteiger partial charge in [-0.25, -0.2) is 0 Å². The highest BCUT2D eigenvalue weighted by Crippen LogP contribution is 2.25. The number of rotatable bonds is 11. The Balaban J connectivity index is 1.47. The maximum absolute atomic E-state index is 12.5. The maximum atomic E-state index is 12.5. The average molecular weight is 489 g/mol. The van der Waals surface area contributed by atoms with E-state index in [2.05, 4.69) is 27.6 Å². The van der Waals surface area contributed by atoms with E-state index in [-0.39, 0.29) is 11.7 Å². The molecule has 0 fully saturated rings. The van der Waals surface area contributed by atoms with Crippen molar-refractivity contribution in [1.82, 2.24) is 20.1 Å². The Morgan fingerprint density at radius 2 is 1.63 bits per heavy atom. The summed E-state index contributed by atoms with van der Waals surface area (Å²) in [4.78, 5) is 12.5. The summed E-state index contributed by atoms with van der Waals surface area (Å²) in [5, 5.41) is 12.5. The molecular weight excluding hydrogens is 460 g/mol. The van der Waals surface area contributed by atoms with Gasteiger partial charge in [-0.3, -0.25) is 9.36 Å². The highest BCUT2D eigenvalue weighted by Gasteiger charge is 2.16. The van der Waals surface area contributed by atoms with Crippen LogP contribution in [0.3, 0.4) is 0 Å². The van der Waals surface area contributed by atoms with Crippen molar-refractivity contribution in [2.75, 3.05) is 19.5 Å². The van der Waals surface area contributed by atoms with Crippen molar-refractivity contribution in [2.45, 2.75) is 25.0 Å². The molecular formula is C27H28N4O3S. The summed E-state index contributed by atoms with van der Waals surface area (Å²) in [6, 6.07) is 25.6. The molecule has 3 aromatic carbocycles. The average Bonchev–Trinajstić information content (AvgIpc) is 3.30. The van der Waals surface area contributed by atoms with Gasteiger partial charge < -0.3 is 14.8 Å². The van der Waals surface area contributed by atoms with E-state index in [9.17, 15) is 4.79 Å². The monoisotopic (exact) mass is 488 g/mol. The van der Waals surface area contributed by atoms with Gasteiger partial charge in [0.2, 0.25) is 5.91 Å². The van der Waals surface area contributed by atoms with Crippen molar-refractivity contribution in [2.24, 2.45) is 0 Å². The lowest BCUT2D eigenvalue weighted by Crippen LogP contribution is -2.24. The molecule has 4 aromatic rings. The third kappa shape index (κ3) is 6.64. The van der Waals surface area contributed by atoms with Gasteiger partial charge in [0.1, 0.15) is 17.3 Å². The predicted molar refractivity (Wildman–Crippen MR) is 137 cm³/mol. The van der Waals surface area contributed by atoms with E-state index in [4.69, 9.17) is 9.47 Å². The minimum atomic E-state index is -0.0725. The van der Waals surface area contributed by atoms with Gasteiger partial charge in [-0.1, -0.05) is 54.2 Å². The van der Waals surface area contributed by atoms with Crippen molar-refractivity contribution >= 4 is 17.7 Å². The van der Waals surface area contributed by atoms with Crippen molar-refractivity contribution in [3.63, 3.8) is 0 Å². The molecule has 35 heavy (non-hydrogen) atoms. The van der Waals surface area contributed by atoms with Crippen molar-refractivity contribution in [3.05, 3.63) is 95.8 Å². The van der Waals surface area contributed by atoms with Gasteiger partial charge in [-0.15, -0.1) is 10.2 Å². The lowest BCUT2D eigenvalue weighted by molar-refractivity contribution is -0.118. The molecule has 180 valence electrons. The summed E-state index contributed by atoms with van der Waals surface area (Å²) in [6.07, 6.45) is 0.630. The van der Waals surface area contributed by atoms with Gasteiger partial charge in [0.05, 0.1) is 19.5 Å². The number of benzene rings is 3. The van der Waals surface area contributed by atoms with Crippen molar-refractivity contribution < 1.29 is 14.3 Å². The zero-order valence-corrected chi connectivity index (χ0v) is 20.6. The number of ether oxygens (including phenoxy) is 2. The van der Waals surface area contributed by atoms with Crippen LogP contribution in [0.2, 0.25) is 0 Å². The van der Waals surface area contributed by atoms with Gasteiger partial charge in [-0.2, -0.15) is 0 Å². The van der Waals surface area contributed by atoms with Gasteiger partial charge in [-0.05, 0) is 54.4 Å². The van der Waals surface area contributed by atoms with E-state index in [0.29, 0.717) is 24.7 Å². The fourth-order valence-electron chi connectivity index (χ4n) is 3.53. The second-order valence-corrected chi connectivity index (χ2v) is 8.68. The zero-order chi connectivity index (χ0) is 24.5. The number of hydrogen-bond donors (Lipinski definition) is 1. The molecule has 0 spiro atoms. The smallest absolute Gasteiger partial charge is 0.230 e. The van der Waals surface area contributed by atoms with Crippen LogP contribution in [0.1, 0.15) is 23.9 Å². The quantitative estimate of drug-likeness (QED) is 0.309. The first-order valence-electron chi connectivity index (χ1n) is 11.4. The molecule has 4 rings (SSSR count). The van der Waals surface area contributed by atoms with E-state index in [1.54, 1.807) is 7.11 Å². The summed E-state index contributed by atoms with van der Waals surface area (Å²) in [6.45, 7) is 3.02. The van der Waals surface area contributed by atoms with Crippen LogP contribution < -0.4 is 14.8 Å². The summed E-state index contributed by atoms with van der Waals surface area (Å²) >= 11 is 1.36. The fourth-order valence-corrected chi connectivity index (χ4v) is 4.33. The lowest BCUT2D eigenvalue weighted by Gasteiger charge is -2.12. The Bertz CT molecular complexity index is 1230. The molecule has 0 aliphatic carbocycles. The van der Waals surface area contributed by atoms with E-state index < -0.39 is 0 Å². The van der Waals surface area contributed by atoms with Crippen LogP contribution in [-0.4, -0.2) is 40.1 Å². The van der Waals surface area contributed by atoms with E-state index in [0.717, 1.165) is 34.1 Å². The molecule has 1 heterocycles. The SMILES string of the molecule is CCOc1ccc(-n2c(Cc3ccccc3)nnc2SCC(=O)NCc2ccc(OC)cc2)cc1. The molecule has 1 amide bonds. The van der Waals surface area contributed by atoms with E-state index in [1.165, 1.54) is 11.8 Å². The molecule has 0 radical (unpaired) electrons. The summed E-state index contributed by atoms with van der Waals surface area (Å²) in [5.74, 6) is 2.56. The molecule has 0 bridgehead atoms. The first-order chi connectivity index (χ1) is 17.2. The molecule has 0 saturated heterocycles. The third-order valence-corrected chi connectivity index (χ3v) is 6.22. The Morgan fingerprint density at radius 3 is 2.31 bits per heavy atom. The van der Waals surface area contributed by atoms with Gasteiger partial charge in [0.25, 0.3) is 0 Å². The molecule has 0 unspecified atom stereocenters. The molecule has 0 atom stereocenters.